The van der Waals surface area contributed by atoms with Gasteiger partial charge in [-0.15, -0.1) is 0 Å². The molecule has 0 aliphatic heterocycles. The van der Waals surface area contributed by atoms with Crippen molar-refractivity contribution >= 4 is 56.9 Å². The first-order chi connectivity index (χ1) is 16.4. The number of carbonyl (C=O) groups excluding carboxylic acids is 1. The third-order valence-corrected chi connectivity index (χ3v) is 6.57. The third-order valence-electron chi connectivity index (χ3n) is 5.40. The first-order valence-corrected chi connectivity index (χ1v) is 12.1. The smallest absolute Gasteiger partial charge is 0.283 e. The van der Waals surface area contributed by atoms with E-state index in [9.17, 15) is 9.59 Å². The molecule has 0 atom stereocenters. The lowest BCUT2D eigenvalue weighted by molar-refractivity contribution is -0.113. The van der Waals surface area contributed by atoms with Crippen molar-refractivity contribution in [3.63, 3.8) is 0 Å². The number of fused-ring (bicyclic) bond motifs is 3. The van der Waals surface area contributed by atoms with Crippen LogP contribution in [0.15, 0.2) is 76.7 Å². The quantitative estimate of drug-likeness (QED) is 0.239. The van der Waals surface area contributed by atoms with Crippen molar-refractivity contribution in [1.29, 1.82) is 0 Å². The monoisotopic (exact) mass is 488 g/mol. The van der Waals surface area contributed by atoms with Crippen LogP contribution in [0.1, 0.15) is 11.1 Å². The Morgan fingerprint density at radius 1 is 1.06 bits per heavy atom. The molecule has 34 heavy (non-hydrogen) atoms. The molecule has 1 amide bonds. The van der Waals surface area contributed by atoms with Crippen molar-refractivity contribution in [3.05, 3.63) is 93.2 Å². The van der Waals surface area contributed by atoms with Crippen molar-refractivity contribution in [1.82, 2.24) is 14.5 Å². The van der Waals surface area contributed by atoms with E-state index in [1.54, 1.807) is 28.8 Å². The van der Waals surface area contributed by atoms with Crippen LogP contribution in [0.4, 0.5) is 5.69 Å². The lowest BCUT2D eigenvalue weighted by Gasteiger charge is -2.13. The minimum Gasteiger partial charge on any atom is -0.349 e. The van der Waals surface area contributed by atoms with E-state index >= 15 is 0 Å². The summed E-state index contributed by atoms with van der Waals surface area (Å²) in [7, 11) is 0. The van der Waals surface area contributed by atoms with E-state index in [2.05, 4.69) is 16.4 Å². The summed E-state index contributed by atoms with van der Waals surface area (Å²) in [6.45, 7) is 3.98. The SMILES string of the molecule is Cc1cc(C)cc(-n2c(SCC(=O)Nc3cccc(Cl)c3)nc3c([nH]c4ccccc43)c2=O)c1. The summed E-state index contributed by atoms with van der Waals surface area (Å²) in [4.78, 5) is 34.4. The molecule has 5 aromatic rings. The summed E-state index contributed by atoms with van der Waals surface area (Å²) in [5.41, 5.74) is 5.07. The van der Waals surface area contributed by atoms with Crippen LogP contribution in [-0.4, -0.2) is 26.2 Å². The molecule has 0 fully saturated rings. The molecule has 0 unspecified atom stereocenters. The Morgan fingerprint density at radius 2 is 1.82 bits per heavy atom. The van der Waals surface area contributed by atoms with Crippen LogP contribution in [0.5, 0.6) is 0 Å². The number of para-hydroxylation sites is 1. The standard InChI is InChI=1S/C26H21ClN4O2S/c1-15-10-16(2)12-19(11-15)31-25(33)24-23(20-8-3-4-9-21(20)29-24)30-26(31)34-14-22(32)28-18-7-5-6-17(27)13-18/h3-13,29H,14H2,1-2H3,(H,28,32). The molecular formula is C26H21ClN4O2S. The number of hydrogen-bond acceptors (Lipinski definition) is 4. The maximum Gasteiger partial charge on any atom is 0.283 e. The molecule has 0 bridgehead atoms. The number of aromatic amines is 1. The van der Waals surface area contributed by atoms with E-state index < -0.39 is 0 Å². The second kappa shape index (κ2) is 9.00. The first kappa shape index (κ1) is 22.3. The van der Waals surface area contributed by atoms with Crippen molar-refractivity contribution < 1.29 is 4.79 Å². The Bertz CT molecular complexity index is 1600. The molecule has 2 N–H and O–H groups in total. The van der Waals surface area contributed by atoms with Crippen molar-refractivity contribution in [2.45, 2.75) is 19.0 Å². The molecule has 170 valence electrons. The predicted molar refractivity (Wildman–Crippen MR) is 139 cm³/mol. The summed E-state index contributed by atoms with van der Waals surface area (Å²) in [6.07, 6.45) is 0. The molecular weight excluding hydrogens is 468 g/mol. The fourth-order valence-corrected chi connectivity index (χ4v) is 5.04. The summed E-state index contributed by atoms with van der Waals surface area (Å²) >= 11 is 7.24. The Labute approximate surface area is 205 Å². The first-order valence-electron chi connectivity index (χ1n) is 10.7. The highest BCUT2D eigenvalue weighted by atomic mass is 35.5. The normalized spacial score (nSPS) is 11.3. The molecule has 5 rings (SSSR count). The molecule has 2 heterocycles. The van der Waals surface area contributed by atoms with Crippen LogP contribution in [0.25, 0.3) is 27.6 Å². The fraction of sp³-hybridized carbons (Fsp3) is 0.115. The number of nitrogens with zero attached hydrogens (tertiary/aromatic N) is 2. The second-order valence-corrected chi connectivity index (χ2v) is 9.50. The Kier molecular flexibility index (Phi) is 5.89. The van der Waals surface area contributed by atoms with E-state index in [-0.39, 0.29) is 17.2 Å². The van der Waals surface area contributed by atoms with Crippen LogP contribution in [0, 0.1) is 13.8 Å². The fourth-order valence-electron chi connectivity index (χ4n) is 4.04. The number of anilines is 1. The number of hydrogen-bond donors (Lipinski definition) is 2. The zero-order valence-electron chi connectivity index (χ0n) is 18.6. The number of thioether (sulfide) groups is 1. The van der Waals surface area contributed by atoms with Gasteiger partial charge < -0.3 is 10.3 Å². The zero-order valence-corrected chi connectivity index (χ0v) is 20.1. The average molecular weight is 489 g/mol. The highest BCUT2D eigenvalue weighted by Gasteiger charge is 2.18. The van der Waals surface area contributed by atoms with Crippen LogP contribution in [0.3, 0.4) is 0 Å². The summed E-state index contributed by atoms with van der Waals surface area (Å²) in [5.74, 6) is -0.134. The van der Waals surface area contributed by atoms with Crippen LogP contribution in [0.2, 0.25) is 5.02 Å². The number of benzene rings is 3. The molecule has 6 nitrogen and oxygen atoms in total. The number of rotatable bonds is 5. The van der Waals surface area contributed by atoms with Gasteiger partial charge in [0, 0.05) is 21.6 Å². The van der Waals surface area contributed by atoms with Crippen LogP contribution in [-0.2, 0) is 4.79 Å². The Hall–Kier alpha value is -3.55. The van der Waals surface area contributed by atoms with Gasteiger partial charge in [-0.2, -0.15) is 0 Å². The second-order valence-electron chi connectivity index (χ2n) is 8.12. The molecule has 8 heteroatoms. The van der Waals surface area contributed by atoms with E-state index in [0.29, 0.717) is 32.6 Å². The molecule has 0 spiro atoms. The van der Waals surface area contributed by atoms with Crippen molar-refractivity contribution in [3.8, 4) is 5.69 Å². The molecule has 0 aliphatic rings. The summed E-state index contributed by atoms with van der Waals surface area (Å²) in [5, 5.41) is 4.70. The third kappa shape index (κ3) is 4.32. The molecule has 0 aliphatic carbocycles. The number of aryl methyl sites for hydroxylation is 2. The van der Waals surface area contributed by atoms with Crippen molar-refractivity contribution in [2.75, 3.05) is 11.1 Å². The number of H-pyrrole nitrogens is 1. The average Bonchev–Trinajstić information content (AvgIpc) is 3.16. The highest BCUT2D eigenvalue weighted by Crippen LogP contribution is 2.27. The van der Waals surface area contributed by atoms with Crippen LogP contribution >= 0.6 is 23.4 Å². The van der Waals surface area contributed by atoms with Gasteiger partial charge in [-0.3, -0.25) is 14.2 Å². The topological polar surface area (TPSA) is 79.8 Å². The van der Waals surface area contributed by atoms with E-state index in [0.717, 1.165) is 22.0 Å². The maximum atomic E-state index is 13.7. The van der Waals surface area contributed by atoms with Gasteiger partial charge in [0.25, 0.3) is 5.56 Å². The molecule has 3 aromatic carbocycles. The highest BCUT2D eigenvalue weighted by molar-refractivity contribution is 7.99. The molecule has 0 saturated heterocycles. The Balaban J connectivity index is 1.59. The number of nitrogens with one attached hydrogen (secondary N) is 2. The van der Waals surface area contributed by atoms with Gasteiger partial charge in [-0.25, -0.2) is 4.98 Å². The number of carbonyl (C=O) groups is 1. The number of halogens is 1. The molecule has 0 radical (unpaired) electrons. The minimum atomic E-state index is -0.215. The van der Waals surface area contributed by atoms with Crippen molar-refractivity contribution in [2.24, 2.45) is 0 Å². The van der Waals surface area contributed by atoms with Gasteiger partial charge in [0.1, 0.15) is 11.0 Å². The van der Waals surface area contributed by atoms with Crippen LogP contribution < -0.4 is 10.9 Å². The van der Waals surface area contributed by atoms with Gasteiger partial charge >= 0.3 is 0 Å². The molecule has 0 saturated carbocycles. The van der Waals surface area contributed by atoms with Gasteiger partial charge in [0.15, 0.2) is 5.16 Å². The predicted octanol–water partition coefficient (Wildman–Crippen LogP) is 5.87. The Morgan fingerprint density at radius 3 is 2.59 bits per heavy atom. The summed E-state index contributed by atoms with van der Waals surface area (Å²) < 4.78 is 1.58. The number of aromatic nitrogens is 3. The van der Waals surface area contributed by atoms with Gasteiger partial charge in [-0.1, -0.05) is 53.7 Å². The summed E-state index contributed by atoms with van der Waals surface area (Å²) in [6, 6.07) is 20.6. The largest absolute Gasteiger partial charge is 0.349 e. The molecule has 2 aromatic heterocycles. The van der Waals surface area contributed by atoms with Gasteiger partial charge in [0.2, 0.25) is 5.91 Å². The number of amides is 1. The van der Waals surface area contributed by atoms with E-state index in [4.69, 9.17) is 16.6 Å². The van der Waals surface area contributed by atoms with E-state index in [1.807, 2.05) is 50.2 Å². The minimum absolute atomic E-state index is 0.0810. The lowest BCUT2D eigenvalue weighted by Crippen LogP contribution is -2.23. The maximum absolute atomic E-state index is 13.7. The van der Waals surface area contributed by atoms with E-state index in [1.165, 1.54) is 11.8 Å². The van der Waals surface area contributed by atoms with Gasteiger partial charge in [-0.05, 0) is 61.4 Å². The van der Waals surface area contributed by atoms with Gasteiger partial charge in [0.05, 0.1) is 11.4 Å². The lowest BCUT2D eigenvalue weighted by atomic mass is 10.1. The zero-order chi connectivity index (χ0) is 23.8.